The Morgan fingerprint density at radius 3 is 2.37 bits per heavy atom. The van der Waals surface area contributed by atoms with E-state index in [4.69, 9.17) is 49.3 Å². The third-order valence-electron chi connectivity index (χ3n) is 5.96. The van der Waals surface area contributed by atoms with Crippen LogP contribution in [0.25, 0.3) is 20.8 Å². The number of fused-ring (bicyclic) bond motifs is 1. The number of rotatable bonds is 9. The summed E-state index contributed by atoms with van der Waals surface area (Å²) in [6, 6.07) is 23.8. The summed E-state index contributed by atoms with van der Waals surface area (Å²) in [5.74, 6) is 1.03. The maximum Gasteiger partial charge on any atom is 0.180 e. The summed E-state index contributed by atoms with van der Waals surface area (Å²) < 4.78 is 13.1. The van der Waals surface area contributed by atoms with Crippen LogP contribution in [-0.4, -0.2) is 11.6 Å². The van der Waals surface area contributed by atoms with Crippen LogP contribution in [-0.2, 0) is 13.2 Å². The number of halogens is 3. The molecular weight excluding hydrogens is 559 g/mol. The molecule has 0 saturated carbocycles. The van der Waals surface area contributed by atoms with Gasteiger partial charge in [0.25, 0.3) is 0 Å². The normalized spacial score (nSPS) is 11.1. The minimum Gasteiger partial charge on any atom is -0.490 e. The molecule has 1 aromatic heterocycles. The number of hydrogen-bond donors (Lipinski definition) is 1. The van der Waals surface area contributed by atoms with Crippen molar-refractivity contribution in [2.24, 2.45) is 0 Å². The molecule has 0 atom stereocenters. The Balaban J connectivity index is 1.28. The molecule has 5 rings (SSSR count). The second-order valence-electron chi connectivity index (χ2n) is 8.75. The first kappa shape index (κ1) is 26.6. The van der Waals surface area contributed by atoms with Crippen LogP contribution in [0.2, 0.25) is 15.1 Å². The fourth-order valence-corrected chi connectivity index (χ4v) is 5.89. The van der Waals surface area contributed by atoms with Crippen LogP contribution in [0.1, 0.15) is 23.6 Å². The molecule has 0 aliphatic rings. The maximum atomic E-state index is 6.63. The Hall–Kier alpha value is -2.96. The van der Waals surface area contributed by atoms with E-state index in [2.05, 4.69) is 54.7 Å². The first-order valence-electron chi connectivity index (χ1n) is 12.1. The van der Waals surface area contributed by atoms with E-state index in [1.54, 1.807) is 29.5 Å². The molecule has 8 heteroatoms. The van der Waals surface area contributed by atoms with Gasteiger partial charge in [-0.15, -0.1) is 11.3 Å². The van der Waals surface area contributed by atoms with Gasteiger partial charge in [-0.25, -0.2) is 4.98 Å². The second kappa shape index (κ2) is 11.8. The summed E-state index contributed by atoms with van der Waals surface area (Å²) >= 11 is 20.9. The van der Waals surface area contributed by atoms with E-state index >= 15 is 0 Å². The van der Waals surface area contributed by atoms with E-state index in [-0.39, 0.29) is 6.61 Å². The predicted molar refractivity (Wildman–Crippen MR) is 161 cm³/mol. The van der Waals surface area contributed by atoms with Gasteiger partial charge < -0.3 is 14.8 Å². The van der Waals surface area contributed by atoms with Crippen LogP contribution >= 0.6 is 46.1 Å². The maximum absolute atomic E-state index is 6.63. The second-order valence-corrected chi connectivity index (χ2v) is 11.0. The Labute approximate surface area is 241 Å². The molecule has 0 aliphatic heterocycles. The molecule has 0 amide bonds. The molecule has 0 bridgehead atoms. The van der Waals surface area contributed by atoms with Gasteiger partial charge in [-0.05, 0) is 85.6 Å². The molecule has 1 heterocycles. The minimum absolute atomic E-state index is 0.177. The van der Waals surface area contributed by atoms with Crippen molar-refractivity contribution < 1.29 is 9.47 Å². The van der Waals surface area contributed by atoms with E-state index in [1.165, 1.54) is 10.3 Å². The van der Waals surface area contributed by atoms with Crippen LogP contribution in [0.4, 0.5) is 5.69 Å². The molecule has 5 aromatic rings. The van der Waals surface area contributed by atoms with Crippen molar-refractivity contribution >= 4 is 62.0 Å². The highest BCUT2D eigenvalue weighted by Crippen LogP contribution is 2.38. The zero-order valence-corrected chi connectivity index (χ0v) is 23.9. The van der Waals surface area contributed by atoms with Crippen LogP contribution in [0.15, 0.2) is 72.8 Å². The van der Waals surface area contributed by atoms with Gasteiger partial charge in [0.15, 0.2) is 11.5 Å². The zero-order valence-electron chi connectivity index (χ0n) is 20.9. The fourth-order valence-electron chi connectivity index (χ4n) is 4.03. The van der Waals surface area contributed by atoms with Crippen LogP contribution in [0.3, 0.4) is 0 Å². The summed E-state index contributed by atoms with van der Waals surface area (Å²) in [6.45, 7) is 5.23. The molecule has 0 unspecified atom stereocenters. The molecule has 0 spiro atoms. The Bertz CT molecular complexity index is 1570. The van der Waals surface area contributed by atoms with Gasteiger partial charge in [0.05, 0.1) is 21.8 Å². The van der Waals surface area contributed by atoms with Crippen molar-refractivity contribution in [2.45, 2.75) is 27.0 Å². The van der Waals surface area contributed by atoms with E-state index in [9.17, 15) is 0 Å². The van der Waals surface area contributed by atoms with Crippen molar-refractivity contribution in [3.05, 3.63) is 105 Å². The van der Waals surface area contributed by atoms with Crippen LogP contribution in [0, 0.1) is 6.92 Å². The van der Waals surface area contributed by atoms with Gasteiger partial charge in [-0.1, -0.05) is 46.9 Å². The molecule has 0 radical (unpaired) electrons. The fraction of sp³-hybridized carbons (Fsp3) is 0.167. The predicted octanol–water partition coefficient (Wildman–Crippen LogP) is 9.82. The van der Waals surface area contributed by atoms with Gasteiger partial charge in [0.1, 0.15) is 11.6 Å². The van der Waals surface area contributed by atoms with Gasteiger partial charge in [-0.3, -0.25) is 0 Å². The van der Waals surface area contributed by atoms with Gasteiger partial charge in [0, 0.05) is 33.4 Å². The highest BCUT2D eigenvalue weighted by atomic mass is 35.5. The van der Waals surface area contributed by atoms with Crippen LogP contribution in [0.5, 0.6) is 11.5 Å². The summed E-state index contributed by atoms with van der Waals surface area (Å²) in [6.07, 6.45) is 0. The molecule has 1 N–H and O–H groups in total. The number of thiazole rings is 1. The molecule has 4 nitrogen and oxygen atoms in total. The average Bonchev–Trinajstić information content (AvgIpc) is 3.32. The largest absolute Gasteiger partial charge is 0.490 e. The van der Waals surface area contributed by atoms with Crippen LogP contribution < -0.4 is 14.8 Å². The topological polar surface area (TPSA) is 43.4 Å². The number of hydrogen-bond acceptors (Lipinski definition) is 5. The van der Waals surface area contributed by atoms with Gasteiger partial charge >= 0.3 is 0 Å². The lowest BCUT2D eigenvalue weighted by Crippen LogP contribution is -2.04. The molecule has 194 valence electrons. The van der Waals surface area contributed by atoms with Crippen molar-refractivity contribution in [1.29, 1.82) is 0 Å². The van der Waals surface area contributed by atoms with E-state index in [0.29, 0.717) is 45.3 Å². The number of aryl methyl sites for hydroxylation is 1. The number of benzene rings is 4. The molecule has 38 heavy (non-hydrogen) atoms. The molecule has 0 saturated heterocycles. The van der Waals surface area contributed by atoms with Crippen molar-refractivity contribution in [2.75, 3.05) is 11.9 Å². The molecule has 0 fully saturated rings. The standard InChI is InChI=1S/C30H25Cl3N2O2S/c1-3-36-27-15-19(14-25(33)29(27)37-17-22-23(31)5-4-6-24(22)32)16-34-21-10-8-20(9-11-21)30-35-26-12-7-18(2)13-28(26)38-30/h4-15,34H,3,16-17H2,1-2H3. The van der Waals surface area contributed by atoms with Gasteiger partial charge in [0.2, 0.25) is 0 Å². The monoisotopic (exact) mass is 582 g/mol. The summed E-state index contributed by atoms with van der Waals surface area (Å²) in [5, 5.41) is 6.00. The smallest absolute Gasteiger partial charge is 0.180 e. The highest BCUT2D eigenvalue weighted by molar-refractivity contribution is 7.21. The van der Waals surface area contributed by atoms with E-state index in [0.717, 1.165) is 27.3 Å². The first-order valence-corrected chi connectivity index (χ1v) is 14.1. The van der Waals surface area contributed by atoms with E-state index in [1.807, 2.05) is 19.1 Å². The summed E-state index contributed by atoms with van der Waals surface area (Å²) in [5.41, 5.74) is 6.02. The third kappa shape index (κ3) is 6.02. The van der Waals surface area contributed by atoms with Crippen molar-refractivity contribution in [3.63, 3.8) is 0 Å². The summed E-state index contributed by atoms with van der Waals surface area (Å²) in [7, 11) is 0. The molecule has 4 aromatic carbocycles. The quantitative estimate of drug-likeness (QED) is 0.187. The van der Waals surface area contributed by atoms with Gasteiger partial charge in [-0.2, -0.15) is 0 Å². The first-order chi connectivity index (χ1) is 18.4. The zero-order chi connectivity index (χ0) is 26.6. The number of anilines is 1. The lowest BCUT2D eigenvalue weighted by atomic mass is 10.1. The molecule has 0 aliphatic carbocycles. The Kier molecular flexibility index (Phi) is 8.29. The number of nitrogens with zero attached hydrogens (tertiary/aromatic N) is 1. The van der Waals surface area contributed by atoms with Crippen molar-refractivity contribution in [1.82, 2.24) is 4.98 Å². The third-order valence-corrected chi connectivity index (χ3v) is 8.02. The number of ether oxygens (including phenoxy) is 2. The van der Waals surface area contributed by atoms with E-state index < -0.39 is 0 Å². The van der Waals surface area contributed by atoms with Crippen molar-refractivity contribution in [3.8, 4) is 22.1 Å². The summed E-state index contributed by atoms with van der Waals surface area (Å²) in [4.78, 5) is 4.78. The average molecular weight is 584 g/mol. The minimum atomic E-state index is 0.177. The lowest BCUT2D eigenvalue weighted by molar-refractivity contribution is 0.269. The Morgan fingerprint density at radius 1 is 0.868 bits per heavy atom. The number of aromatic nitrogens is 1. The Morgan fingerprint density at radius 2 is 1.63 bits per heavy atom. The lowest BCUT2D eigenvalue weighted by Gasteiger charge is -2.17. The highest BCUT2D eigenvalue weighted by Gasteiger charge is 2.15. The SMILES string of the molecule is CCOc1cc(CNc2ccc(-c3nc4ccc(C)cc4s3)cc2)cc(Cl)c1OCc1c(Cl)cccc1Cl. The number of nitrogens with one attached hydrogen (secondary N) is 1. The molecular formula is C30H25Cl3N2O2S.